The van der Waals surface area contributed by atoms with E-state index in [0.29, 0.717) is 12.5 Å². The molecular weight excluding hydrogens is 324 g/mol. The number of hydroxylamine groups is 1. The lowest BCUT2D eigenvalue weighted by atomic mass is 9.78. The molecule has 1 saturated heterocycles. The first-order valence-corrected chi connectivity index (χ1v) is 9.28. The highest BCUT2D eigenvalue weighted by molar-refractivity contribution is 5.79. The Kier molecular flexibility index (Phi) is 7.33. The third kappa shape index (κ3) is 6.10. The Morgan fingerprint density at radius 2 is 1.84 bits per heavy atom. The predicted molar refractivity (Wildman–Crippen MR) is 92.6 cm³/mol. The topological polar surface area (TPSA) is 99.8 Å². The van der Waals surface area contributed by atoms with Crippen molar-refractivity contribution >= 4 is 18.0 Å². The smallest absolute Gasteiger partial charge is 0.338 e. The van der Waals surface area contributed by atoms with Gasteiger partial charge in [-0.15, -0.1) is 0 Å². The summed E-state index contributed by atoms with van der Waals surface area (Å²) in [5, 5.41) is 5.23. The minimum atomic E-state index is -0.476. The van der Waals surface area contributed by atoms with Crippen molar-refractivity contribution in [1.82, 2.24) is 21.0 Å². The fourth-order valence-corrected chi connectivity index (χ4v) is 3.66. The van der Waals surface area contributed by atoms with Gasteiger partial charge in [-0.1, -0.05) is 12.8 Å². The molecule has 2 aliphatic rings. The van der Waals surface area contributed by atoms with E-state index in [1.165, 1.54) is 19.3 Å². The van der Waals surface area contributed by atoms with Crippen molar-refractivity contribution in [2.45, 2.75) is 70.9 Å². The van der Waals surface area contributed by atoms with Crippen molar-refractivity contribution in [2.24, 2.45) is 5.92 Å². The van der Waals surface area contributed by atoms with E-state index in [1.807, 2.05) is 13.8 Å². The molecule has 3 N–H and O–H groups in total. The van der Waals surface area contributed by atoms with E-state index in [-0.39, 0.29) is 31.1 Å². The number of fused-ring (bicyclic) bond motifs is 1. The number of rotatable bonds is 4. The van der Waals surface area contributed by atoms with Gasteiger partial charge in [0.25, 0.3) is 5.91 Å². The van der Waals surface area contributed by atoms with E-state index in [1.54, 1.807) is 4.90 Å². The lowest BCUT2D eigenvalue weighted by molar-refractivity contribution is -0.130. The first kappa shape index (κ1) is 19.3. The van der Waals surface area contributed by atoms with Crippen LogP contribution in [-0.4, -0.2) is 48.1 Å². The van der Waals surface area contributed by atoms with E-state index in [9.17, 15) is 14.4 Å². The summed E-state index contributed by atoms with van der Waals surface area (Å²) in [5.41, 5.74) is 2.19. The molecule has 2 rings (SSSR count). The zero-order valence-corrected chi connectivity index (χ0v) is 15.2. The molecule has 0 bridgehead atoms. The number of hydrogen-bond acceptors (Lipinski definition) is 4. The molecule has 0 spiro atoms. The maximum absolute atomic E-state index is 12.3. The largest absolute Gasteiger partial charge is 0.434 e. The first-order chi connectivity index (χ1) is 12.0. The Bertz CT molecular complexity index is 481. The molecule has 8 nitrogen and oxygen atoms in total. The van der Waals surface area contributed by atoms with Crippen LogP contribution < -0.4 is 16.1 Å². The van der Waals surface area contributed by atoms with E-state index < -0.39 is 12.0 Å². The van der Waals surface area contributed by atoms with Gasteiger partial charge in [-0.3, -0.25) is 4.79 Å². The molecule has 2 atom stereocenters. The van der Waals surface area contributed by atoms with Crippen molar-refractivity contribution in [1.29, 1.82) is 0 Å². The molecule has 1 aliphatic heterocycles. The lowest BCUT2D eigenvalue weighted by Gasteiger charge is -2.43. The van der Waals surface area contributed by atoms with Crippen LogP contribution >= 0.6 is 0 Å². The number of nitrogens with one attached hydrogen (secondary N) is 3. The second-order valence-corrected chi connectivity index (χ2v) is 7.15. The summed E-state index contributed by atoms with van der Waals surface area (Å²) in [4.78, 5) is 42.1. The molecule has 8 heteroatoms. The van der Waals surface area contributed by atoms with Crippen LogP contribution in [0.5, 0.6) is 0 Å². The number of urea groups is 1. The van der Waals surface area contributed by atoms with Crippen molar-refractivity contribution < 1.29 is 19.2 Å². The summed E-state index contributed by atoms with van der Waals surface area (Å²) in [5.74, 6) is 0.129. The molecule has 0 aromatic heterocycles. The molecule has 2 fully saturated rings. The third-order valence-electron chi connectivity index (χ3n) is 4.79. The maximum atomic E-state index is 12.3. The average molecular weight is 354 g/mol. The number of likely N-dealkylation sites (tertiary alicyclic amines) is 1. The molecule has 4 amide bonds. The van der Waals surface area contributed by atoms with Crippen LogP contribution in [-0.2, 0) is 9.63 Å². The molecule has 1 heterocycles. The van der Waals surface area contributed by atoms with Crippen LogP contribution in [0.25, 0.3) is 0 Å². The van der Waals surface area contributed by atoms with Crippen LogP contribution in [0.2, 0.25) is 0 Å². The summed E-state index contributed by atoms with van der Waals surface area (Å²) < 4.78 is 0. The highest BCUT2D eigenvalue weighted by atomic mass is 16.7. The molecule has 1 aliphatic carbocycles. The molecule has 0 aromatic rings. The van der Waals surface area contributed by atoms with Gasteiger partial charge in [-0.25, -0.2) is 9.59 Å². The molecule has 2 unspecified atom stereocenters. The van der Waals surface area contributed by atoms with Crippen LogP contribution in [0.15, 0.2) is 0 Å². The van der Waals surface area contributed by atoms with E-state index >= 15 is 0 Å². The number of nitrogens with zero attached hydrogens (tertiary/aromatic N) is 1. The molecule has 1 saturated carbocycles. The summed E-state index contributed by atoms with van der Waals surface area (Å²) in [6.07, 6.45) is 6.29. The zero-order valence-electron chi connectivity index (χ0n) is 15.2. The number of carbonyl (C=O) groups excluding carboxylic acids is 3. The second kappa shape index (κ2) is 9.48. The summed E-state index contributed by atoms with van der Waals surface area (Å²) in [7, 11) is 0. The van der Waals surface area contributed by atoms with Gasteiger partial charge in [0.05, 0.1) is 0 Å². The predicted octanol–water partition coefficient (Wildman–Crippen LogP) is 1.91. The Labute approximate surface area is 149 Å². The molecule has 25 heavy (non-hydrogen) atoms. The number of hydrogen-bond donors (Lipinski definition) is 3. The van der Waals surface area contributed by atoms with E-state index in [2.05, 4.69) is 16.1 Å². The fraction of sp³-hybridized carbons (Fsp3) is 0.824. The average Bonchev–Trinajstić information content (AvgIpc) is 2.58. The normalized spacial score (nSPS) is 22.8. The van der Waals surface area contributed by atoms with Crippen LogP contribution in [0.1, 0.15) is 58.8 Å². The summed E-state index contributed by atoms with van der Waals surface area (Å²) >= 11 is 0. The maximum Gasteiger partial charge on any atom is 0.434 e. The highest BCUT2D eigenvalue weighted by Gasteiger charge is 2.36. The zero-order chi connectivity index (χ0) is 18.2. The van der Waals surface area contributed by atoms with Crippen LogP contribution in [0.4, 0.5) is 9.59 Å². The minimum absolute atomic E-state index is 0.0305. The van der Waals surface area contributed by atoms with Gasteiger partial charge < -0.3 is 20.4 Å². The number of piperidine rings is 1. The summed E-state index contributed by atoms with van der Waals surface area (Å²) in [6.45, 7) is 4.57. The number of amides is 4. The van der Waals surface area contributed by atoms with Gasteiger partial charge >= 0.3 is 12.1 Å². The lowest BCUT2D eigenvalue weighted by Crippen LogP contribution is -2.51. The fourth-order valence-electron chi connectivity index (χ4n) is 3.66. The van der Waals surface area contributed by atoms with Crippen molar-refractivity contribution in [3.8, 4) is 0 Å². The minimum Gasteiger partial charge on any atom is -0.338 e. The van der Waals surface area contributed by atoms with Crippen molar-refractivity contribution in [2.75, 3.05) is 13.1 Å². The Balaban J connectivity index is 1.67. The second-order valence-electron chi connectivity index (χ2n) is 7.15. The van der Waals surface area contributed by atoms with Gasteiger partial charge in [0, 0.05) is 31.6 Å². The standard InChI is InChI=1S/C17H30N4O4/c1-12(2)19-16(23)18-10-9-15(22)20-25-17(24)21-11-5-7-13-6-3-4-8-14(13)21/h12-14H,3-11H2,1-2H3,(H,20,22)(H2,18,19,23). The molecular formula is C17H30N4O4. The van der Waals surface area contributed by atoms with Gasteiger partial charge in [0.15, 0.2) is 0 Å². The summed E-state index contributed by atoms with van der Waals surface area (Å²) in [6, 6.07) is -0.0484. The Morgan fingerprint density at radius 1 is 1.12 bits per heavy atom. The van der Waals surface area contributed by atoms with Gasteiger partial charge in [-0.05, 0) is 45.4 Å². The van der Waals surface area contributed by atoms with Crippen LogP contribution in [0.3, 0.4) is 0 Å². The van der Waals surface area contributed by atoms with Crippen molar-refractivity contribution in [3.05, 3.63) is 0 Å². The van der Waals surface area contributed by atoms with Crippen molar-refractivity contribution in [3.63, 3.8) is 0 Å². The monoisotopic (exact) mass is 354 g/mol. The SMILES string of the molecule is CC(C)NC(=O)NCCC(=O)NOC(=O)N1CCCC2CCCCC21. The molecule has 0 radical (unpaired) electrons. The van der Waals surface area contributed by atoms with E-state index in [0.717, 1.165) is 19.3 Å². The third-order valence-corrected chi connectivity index (χ3v) is 4.79. The van der Waals surface area contributed by atoms with E-state index in [4.69, 9.17) is 4.84 Å². The van der Waals surface area contributed by atoms with Gasteiger partial charge in [0.2, 0.25) is 0 Å². The number of carbonyl (C=O) groups is 3. The Morgan fingerprint density at radius 3 is 2.60 bits per heavy atom. The Hall–Kier alpha value is -1.99. The first-order valence-electron chi connectivity index (χ1n) is 9.28. The van der Waals surface area contributed by atoms with Gasteiger partial charge in [0.1, 0.15) is 0 Å². The molecule has 0 aromatic carbocycles. The molecule has 142 valence electrons. The highest BCUT2D eigenvalue weighted by Crippen LogP contribution is 2.35. The van der Waals surface area contributed by atoms with Gasteiger partial charge in [-0.2, -0.15) is 5.48 Å². The quantitative estimate of drug-likeness (QED) is 0.671. The van der Waals surface area contributed by atoms with Crippen LogP contribution in [0, 0.1) is 5.92 Å².